The molecular formula is C18H15BrN4O3. The number of nitrogens with one attached hydrogen (secondary N) is 1. The van der Waals surface area contributed by atoms with Crippen LogP contribution in [0.25, 0.3) is 10.9 Å². The quantitative estimate of drug-likeness (QED) is 0.637. The van der Waals surface area contributed by atoms with Crippen LogP contribution in [0, 0.1) is 0 Å². The van der Waals surface area contributed by atoms with Crippen molar-refractivity contribution in [3.05, 3.63) is 58.6 Å². The molecule has 8 heteroatoms. The van der Waals surface area contributed by atoms with Gasteiger partial charge < -0.3 is 15.0 Å². The van der Waals surface area contributed by atoms with E-state index in [1.807, 2.05) is 12.1 Å². The minimum atomic E-state index is -0.627. The molecule has 1 heterocycles. The normalized spacial score (nSPS) is 11.2. The van der Waals surface area contributed by atoms with Crippen LogP contribution < -0.4 is 5.32 Å². The van der Waals surface area contributed by atoms with Crippen LogP contribution in [0.15, 0.2) is 63.2 Å². The van der Waals surface area contributed by atoms with Crippen LogP contribution in [0.4, 0.5) is 5.69 Å². The van der Waals surface area contributed by atoms with Crippen molar-refractivity contribution in [1.82, 2.24) is 9.88 Å². The second-order valence-corrected chi connectivity index (χ2v) is 6.36. The molecule has 0 aliphatic rings. The Morgan fingerprint density at radius 3 is 2.62 bits per heavy atom. The molecule has 2 aromatic carbocycles. The van der Waals surface area contributed by atoms with Gasteiger partial charge in [-0.15, -0.1) is 10.2 Å². The maximum atomic E-state index is 12.1. The molecule has 0 aliphatic carbocycles. The standard InChI is InChI=1S/C18H15BrN4O3/c1-23-14-9-5-3-7-12(14)16(18(23)26)22-21-15(24)10-20-17(25)11-6-2-4-8-13(11)19/h2-9,26H,10H2,1H3,(H,20,25). The summed E-state index contributed by atoms with van der Waals surface area (Å²) in [5.41, 5.74) is 1.41. The second kappa shape index (κ2) is 7.49. The van der Waals surface area contributed by atoms with Gasteiger partial charge in [0, 0.05) is 16.9 Å². The number of benzene rings is 2. The number of carbonyl (C=O) groups excluding carboxylic acids is 2. The summed E-state index contributed by atoms with van der Waals surface area (Å²) in [4.78, 5) is 24.0. The van der Waals surface area contributed by atoms with Crippen LogP contribution in [0.5, 0.6) is 5.88 Å². The van der Waals surface area contributed by atoms with Gasteiger partial charge in [0.05, 0.1) is 11.1 Å². The second-order valence-electron chi connectivity index (χ2n) is 5.50. The predicted molar refractivity (Wildman–Crippen MR) is 101 cm³/mol. The van der Waals surface area contributed by atoms with E-state index in [2.05, 4.69) is 31.5 Å². The molecule has 3 rings (SSSR count). The summed E-state index contributed by atoms with van der Waals surface area (Å²) in [6.07, 6.45) is 0. The highest BCUT2D eigenvalue weighted by Crippen LogP contribution is 2.37. The average Bonchev–Trinajstić information content (AvgIpc) is 2.89. The minimum Gasteiger partial charge on any atom is -0.493 e. The summed E-state index contributed by atoms with van der Waals surface area (Å²) < 4.78 is 2.19. The van der Waals surface area contributed by atoms with Crippen LogP contribution in [-0.4, -0.2) is 28.0 Å². The fourth-order valence-corrected chi connectivity index (χ4v) is 2.96. The first-order valence-electron chi connectivity index (χ1n) is 7.72. The Hall–Kier alpha value is -3.00. The molecule has 0 unspecified atom stereocenters. The Morgan fingerprint density at radius 1 is 1.15 bits per heavy atom. The number of rotatable bonds is 4. The number of halogens is 1. The van der Waals surface area contributed by atoms with Gasteiger partial charge in [-0.3, -0.25) is 9.59 Å². The van der Waals surface area contributed by atoms with E-state index in [0.29, 0.717) is 15.4 Å². The molecule has 0 saturated carbocycles. The smallest absolute Gasteiger partial charge is 0.283 e. The van der Waals surface area contributed by atoms with Crippen molar-refractivity contribution in [2.45, 2.75) is 0 Å². The molecule has 2 amide bonds. The van der Waals surface area contributed by atoms with Crippen LogP contribution in [0.3, 0.4) is 0 Å². The molecule has 0 saturated heterocycles. The number of amides is 2. The number of azo groups is 1. The number of para-hydroxylation sites is 1. The highest BCUT2D eigenvalue weighted by atomic mass is 79.9. The molecule has 1 aromatic heterocycles. The molecule has 0 aliphatic heterocycles. The number of hydrogen-bond donors (Lipinski definition) is 2. The van der Waals surface area contributed by atoms with Crippen LogP contribution in [0.2, 0.25) is 0 Å². The number of aromatic nitrogens is 1. The predicted octanol–water partition coefficient (Wildman–Crippen LogP) is 3.69. The number of fused-ring (bicyclic) bond motifs is 1. The van der Waals surface area contributed by atoms with Gasteiger partial charge in [0.1, 0.15) is 6.54 Å². The number of aryl methyl sites for hydroxylation is 1. The number of hydrogen-bond acceptors (Lipinski definition) is 4. The van der Waals surface area contributed by atoms with Crippen molar-refractivity contribution < 1.29 is 14.7 Å². The largest absolute Gasteiger partial charge is 0.493 e. The molecule has 0 bridgehead atoms. The summed E-state index contributed by atoms with van der Waals surface area (Å²) in [5.74, 6) is -1.10. The molecule has 7 nitrogen and oxygen atoms in total. The van der Waals surface area contributed by atoms with Gasteiger partial charge in [0.15, 0.2) is 5.69 Å². The van der Waals surface area contributed by atoms with Crippen LogP contribution in [-0.2, 0) is 11.8 Å². The third-order valence-corrected chi connectivity index (χ3v) is 4.52. The van der Waals surface area contributed by atoms with Crippen molar-refractivity contribution in [1.29, 1.82) is 0 Å². The highest BCUT2D eigenvalue weighted by Gasteiger charge is 2.14. The molecule has 2 N–H and O–H groups in total. The third-order valence-electron chi connectivity index (χ3n) is 3.83. The summed E-state index contributed by atoms with van der Waals surface area (Å²) in [7, 11) is 1.69. The van der Waals surface area contributed by atoms with Crippen LogP contribution in [0.1, 0.15) is 10.4 Å². The number of nitrogens with zero attached hydrogens (tertiary/aromatic N) is 3. The summed E-state index contributed by atoms with van der Waals surface area (Å²) >= 11 is 3.28. The fraction of sp³-hybridized carbons (Fsp3) is 0.111. The lowest BCUT2D eigenvalue weighted by Crippen LogP contribution is -2.28. The zero-order valence-corrected chi connectivity index (χ0v) is 15.4. The van der Waals surface area contributed by atoms with Gasteiger partial charge in [-0.2, -0.15) is 0 Å². The summed E-state index contributed by atoms with van der Waals surface area (Å²) in [6, 6.07) is 14.1. The van der Waals surface area contributed by atoms with Gasteiger partial charge in [-0.25, -0.2) is 0 Å². The Labute approximate surface area is 157 Å². The molecule has 0 spiro atoms. The minimum absolute atomic E-state index is 0.0833. The van der Waals surface area contributed by atoms with Gasteiger partial charge >= 0.3 is 0 Å². The first-order chi connectivity index (χ1) is 12.5. The van der Waals surface area contributed by atoms with E-state index in [1.54, 1.807) is 48.0 Å². The molecule has 0 fully saturated rings. The molecule has 132 valence electrons. The maximum absolute atomic E-state index is 12.1. The Morgan fingerprint density at radius 2 is 1.85 bits per heavy atom. The van der Waals surface area contributed by atoms with E-state index in [4.69, 9.17) is 0 Å². The fourth-order valence-electron chi connectivity index (χ4n) is 2.50. The summed E-state index contributed by atoms with van der Waals surface area (Å²) in [6.45, 7) is -0.296. The maximum Gasteiger partial charge on any atom is 0.283 e. The third kappa shape index (κ3) is 3.50. The first kappa shape index (κ1) is 17.8. The van der Waals surface area contributed by atoms with Crippen molar-refractivity contribution in [3.63, 3.8) is 0 Å². The SMILES string of the molecule is Cn1c(O)c(N=NC(=O)CNC(=O)c2ccccc2Br)c2ccccc21. The van der Waals surface area contributed by atoms with Crippen molar-refractivity contribution in [2.75, 3.05) is 6.54 Å². The van der Waals surface area contributed by atoms with Gasteiger partial charge in [0.2, 0.25) is 5.88 Å². The molecule has 3 aromatic rings. The Bertz CT molecular complexity index is 1030. The molecule has 0 radical (unpaired) electrons. The first-order valence-corrected chi connectivity index (χ1v) is 8.52. The van der Waals surface area contributed by atoms with E-state index in [-0.39, 0.29) is 18.1 Å². The lowest BCUT2D eigenvalue weighted by atomic mass is 10.2. The van der Waals surface area contributed by atoms with E-state index in [1.165, 1.54) is 0 Å². The van der Waals surface area contributed by atoms with Gasteiger partial charge in [-0.1, -0.05) is 30.3 Å². The van der Waals surface area contributed by atoms with Crippen molar-refractivity contribution >= 4 is 44.3 Å². The van der Waals surface area contributed by atoms with E-state index in [0.717, 1.165) is 5.52 Å². The average molecular weight is 415 g/mol. The van der Waals surface area contributed by atoms with E-state index >= 15 is 0 Å². The van der Waals surface area contributed by atoms with Gasteiger partial charge in [0.25, 0.3) is 11.8 Å². The molecular weight excluding hydrogens is 400 g/mol. The molecule has 26 heavy (non-hydrogen) atoms. The van der Waals surface area contributed by atoms with Crippen molar-refractivity contribution in [2.24, 2.45) is 17.3 Å². The Balaban J connectivity index is 1.70. The highest BCUT2D eigenvalue weighted by molar-refractivity contribution is 9.10. The van der Waals surface area contributed by atoms with Crippen molar-refractivity contribution in [3.8, 4) is 5.88 Å². The van der Waals surface area contributed by atoms with E-state index < -0.39 is 11.8 Å². The topological polar surface area (TPSA) is 96.0 Å². The monoisotopic (exact) mass is 414 g/mol. The number of carbonyl (C=O) groups is 2. The lowest BCUT2D eigenvalue weighted by molar-refractivity contribution is -0.117. The zero-order chi connectivity index (χ0) is 18.7. The number of aromatic hydroxyl groups is 1. The van der Waals surface area contributed by atoms with E-state index in [9.17, 15) is 14.7 Å². The summed E-state index contributed by atoms with van der Waals surface area (Å²) in [5, 5.41) is 20.8. The Kier molecular flexibility index (Phi) is 5.13. The van der Waals surface area contributed by atoms with Gasteiger partial charge in [-0.05, 0) is 34.1 Å². The molecule has 0 atom stereocenters. The van der Waals surface area contributed by atoms with Crippen LogP contribution >= 0.6 is 15.9 Å². The lowest BCUT2D eigenvalue weighted by Gasteiger charge is -2.04. The zero-order valence-electron chi connectivity index (χ0n) is 13.8.